The molecule has 2 N–H and O–H groups in total. The largest absolute Gasteiger partial charge is 0.455 e. The van der Waals surface area contributed by atoms with Gasteiger partial charge in [-0.15, -0.1) is 0 Å². The summed E-state index contributed by atoms with van der Waals surface area (Å²) in [5.74, 6) is 0.123. The molecule has 2 aromatic heterocycles. The lowest BCUT2D eigenvalue weighted by Gasteiger charge is -2.08. The highest BCUT2D eigenvalue weighted by atomic mass is 16.6. The lowest BCUT2D eigenvalue weighted by atomic mass is 10.1. The molecular weight excluding hydrogens is 398 g/mol. The highest BCUT2D eigenvalue weighted by Gasteiger charge is 2.16. The molecule has 9 heteroatoms. The molecule has 9 nitrogen and oxygen atoms in total. The minimum atomic E-state index is -0.558. The number of carbonyl (C=O) groups excluding carboxylic acids is 1. The first-order valence-corrected chi connectivity index (χ1v) is 9.29. The molecule has 0 saturated heterocycles. The first-order valence-electron chi connectivity index (χ1n) is 9.29. The fourth-order valence-electron chi connectivity index (χ4n) is 2.87. The number of pyridine rings is 1. The number of non-ortho nitro benzene ring substituents is 1. The number of aryl methyl sites for hydroxylation is 1. The van der Waals surface area contributed by atoms with E-state index in [2.05, 4.69) is 20.5 Å². The van der Waals surface area contributed by atoms with Crippen molar-refractivity contribution < 1.29 is 14.5 Å². The number of rotatable bonds is 6. The number of benzene rings is 2. The molecular formula is C22H17N5O4. The molecule has 0 bridgehead atoms. The molecule has 0 radical (unpaired) electrons. The summed E-state index contributed by atoms with van der Waals surface area (Å²) in [6.45, 7) is 1.98. The van der Waals surface area contributed by atoms with Gasteiger partial charge in [-0.05, 0) is 25.1 Å². The fourth-order valence-corrected chi connectivity index (χ4v) is 2.87. The van der Waals surface area contributed by atoms with Crippen LogP contribution in [0.15, 0.2) is 73.1 Å². The third-order valence-corrected chi connectivity index (χ3v) is 4.40. The van der Waals surface area contributed by atoms with Crippen LogP contribution in [0.3, 0.4) is 0 Å². The number of nitrogens with one attached hydrogen (secondary N) is 2. The van der Waals surface area contributed by atoms with Gasteiger partial charge >= 0.3 is 0 Å². The maximum atomic E-state index is 12.7. The van der Waals surface area contributed by atoms with Gasteiger partial charge < -0.3 is 10.1 Å². The zero-order valence-electron chi connectivity index (χ0n) is 16.4. The van der Waals surface area contributed by atoms with Crippen molar-refractivity contribution in [3.05, 3.63) is 94.4 Å². The van der Waals surface area contributed by atoms with E-state index in [1.807, 2.05) is 31.2 Å². The number of nitro groups is 1. The molecule has 0 unspecified atom stereocenters. The SMILES string of the molecule is Cc1ccc(-c2cc(C(=O)Nc3cc(Oc4cccnc4)cc([N+](=O)[O-])c3)[nH]n2)cc1. The van der Waals surface area contributed by atoms with Crippen LogP contribution in [0.1, 0.15) is 16.1 Å². The number of aromatic nitrogens is 3. The average molecular weight is 415 g/mol. The monoisotopic (exact) mass is 415 g/mol. The van der Waals surface area contributed by atoms with E-state index in [0.717, 1.165) is 11.1 Å². The zero-order valence-corrected chi connectivity index (χ0v) is 16.4. The van der Waals surface area contributed by atoms with Gasteiger partial charge in [0.05, 0.1) is 28.6 Å². The van der Waals surface area contributed by atoms with Gasteiger partial charge in [0.25, 0.3) is 11.6 Å². The summed E-state index contributed by atoms with van der Waals surface area (Å²) in [5, 5.41) is 20.8. The maximum Gasteiger partial charge on any atom is 0.275 e. The van der Waals surface area contributed by atoms with Gasteiger partial charge in [0.15, 0.2) is 0 Å². The highest BCUT2D eigenvalue weighted by molar-refractivity contribution is 6.03. The fraction of sp³-hybridized carbons (Fsp3) is 0.0455. The summed E-state index contributed by atoms with van der Waals surface area (Å²) in [6, 6.07) is 16.7. The number of aromatic amines is 1. The Balaban J connectivity index is 1.56. The lowest BCUT2D eigenvalue weighted by molar-refractivity contribution is -0.384. The third kappa shape index (κ3) is 4.73. The number of anilines is 1. The van der Waals surface area contributed by atoms with Crippen molar-refractivity contribution in [2.45, 2.75) is 6.92 Å². The molecule has 2 aromatic carbocycles. The van der Waals surface area contributed by atoms with Crippen LogP contribution in [0.25, 0.3) is 11.3 Å². The molecule has 31 heavy (non-hydrogen) atoms. The predicted octanol–water partition coefficient (Wildman–Crippen LogP) is 4.73. The molecule has 1 amide bonds. The van der Waals surface area contributed by atoms with E-state index in [1.54, 1.807) is 24.4 Å². The van der Waals surface area contributed by atoms with Crippen LogP contribution in [0.5, 0.6) is 11.5 Å². The molecule has 0 aliphatic carbocycles. The number of nitrogens with zero attached hydrogens (tertiary/aromatic N) is 3. The van der Waals surface area contributed by atoms with E-state index < -0.39 is 10.8 Å². The van der Waals surface area contributed by atoms with Crippen molar-refractivity contribution in [2.24, 2.45) is 0 Å². The Labute approximate surface area is 176 Å². The van der Waals surface area contributed by atoms with Crippen LogP contribution >= 0.6 is 0 Å². The molecule has 154 valence electrons. The Morgan fingerprint density at radius 1 is 1.10 bits per heavy atom. The molecule has 0 saturated carbocycles. The smallest absolute Gasteiger partial charge is 0.275 e. The molecule has 2 heterocycles. The first-order chi connectivity index (χ1) is 15.0. The summed E-state index contributed by atoms with van der Waals surface area (Å²) < 4.78 is 5.63. The van der Waals surface area contributed by atoms with Gasteiger partial charge in [-0.25, -0.2) is 0 Å². The summed E-state index contributed by atoms with van der Waals surface area (Å²) >= 11 is 0. The Kier molecular flexibility index (Phi) is 5.39. The Hall–Kier alpha value is -4.53. The first kappa shape index (κ1) is 19.8. The highest BCUT2D eigenvalue weighted by Crippen LogP contribution is 2.30. The van der Waals surface area contributed by atoms with E-state index >= 15 is 0 Å². The van der Waals surface area contributed by atoms with E-state index in [9.17, 15) is 14.9 Å². The minimum absolute atomic E-state index is 0.197. The van der Waals surface area contributed by atoms with Crippen molar-refractivity contribution in [1.82, 2.24) is 15.2 Å². The topological polar surface area (TPSA) is 123 Å². The van der Waals surface area contributed by atoms with Crippen molar-refractivity contribution in [3.8, 4) is 22.8 Å². The van der Waals surface area contributed by atoms with E-state index in [0.29, 0.717) is 11.4 Å². The second-order valence-corrected chi connectivity index (χ2v) is 6.75. The third-order valence-electron chi connectivity index (χ3n) is 4.40. The van der Waals surface area contributed by atoms with Gasteiger partial charge in [-0.1, -0.05) is 29.8 Å². The molecule has 0 atom stereocenters. The number of hydrogen-bond donors (Lipinski definition) is 2. The molecule has 4 aromatic rings. The number of carbonyl (C=O) groups is 1. The van der Waals surface area contributed by atoms with Gasteiger partial charge in [0.1, 0.15) is 17.2 Å². The number of amides is 1. The van der Waals surface area contributed by atoms with Crippen LogP contribution in [0.4, 0.5) is 11.4 Å². The van der Waals surface area contributed by atoms with Crippen molar-refractivity contribution in [1.29, 1.82) is 0 Å². The molecule has 4 rings (SSSR count). The molecule has 0 fully saturated rings. The summed E-state index contributed by atoms with van der Waals surface area (Å²) in [5.41, 5.74) is 2.81. The zero-order chi connectivity index (χ0) is 21.8. The van der Waals surface area contributed by atoms with Gasteiger partial charge in [-0.2, -0.15) is 5.10 Å². The van der Waals surface area contributed by atoms with Crippen molar-refractivity contribution in [3.63, 3.8) is 0 Å². The second kappa shape index (κ2) is 8.46. The Morgan fingerprint density at radius 2 is 1.90 bits per heavy atom. The van der Waals surface area contributed by atoms with Crippen LogP contribution in [0, 0.1) is 17.0 Å². The number of ether oxygens (including phenoxy) is 1. The van der Waals surface area contributed by atoms with E-state index in [4.69, 9.17) is 4.74 Å². The van der Waals surface area contributed by atoms with Gasteiger partial charge in [0, 0.05) is 23.9 Å². The van der Waals surface area contributed by atoms with E-state index in [-0.39, 0.29) is 22.8 Å². The lowest BCUT2D eigenvalue weighted by Crippen LogP contribution is -2.12. The summed E-state index contributed by atoms with van der Waals surface area (Å²) in [6.07, 6.45) is 3.06. The quantitative estimate of drug-likeness (QED) is 0.347. The van der Waals surface area contributed by atoms with Gasteiger partial charge in [0.2, 0.25) is 0 Å². The van der Waals surface area contributed by atoms with Gasteiger partial charge in [-0.3, -0.25) is 25.0 Å². The normalized spacial score (nSPS) is 10.5. The number of hydrogen-bond acceptors (Lipinski definition) is 6. The van der Waals surface area contributed by atoms with Crippen molar-refractivity contribution in [2.75, 3.05) is 5.32 Å². The van der Waals surface area contributed by atoms with Crippen LogP contribution < -0.4 is 10.1 Å². The van der Waals surface area contributed by atoms with Crippen LogP contribution in [0.2, 0.25) is 0 Å². The van der Waals surface area contributed by atoms with Crippen LogP contribution in [-0.4, -0.2) is 26.0 Å². The van der Waals surface area contributed by atoms with Crippen LogP contribution in [-0.2, 0) is 0 Å². The summed E-state index contributed by atoms with van der Waals surface area (Å²) in [7, 11) is 0. The standard InChI is InChI=1S/C22H17N5O4/c1-14-4-6-15(7-5-14)20-12-21(26-25-20)22(28)24-16-9-17(27(29)30)11-19(10-16)31-18-3-2-8-23-13-18/h2-13H,1H3,(H,24,28)(H,25,26). The Bertz CT molecular complexity index is 1240. The number of H-pyrrole nitrogens is 1. The molecule has 0 aliphatic heterocycles. The number of nitro benzene ring substituents is 1. The minimum Gasteiger partial charge on any atom is -0.455 e. The summed E-state index contributed by atoms with van der Waals surface area (Å²) in [4.78, 5) is 27.4. The Morgan fingerprint density at radius 3 is 2.61 bits per heavy atom. The van der Waals surface area contributed by atoms with Crippen molar-refractivity contribution >= 4 is 17.3 Å². The molecule has 0 aliphatic rings. The predicted molar refractivity (Wildman–Crippen MR) is 114 cm³/mol. The average Bonchev–Trinajstić information content (AvgIpc) is 3.25. The molecule has 0 spiro atoms. The van der Waals surface area contributed by atoms with E-state index in [1.165, 1.54) is 24.4 Å². The maximum absolute atomic E-state index is 12.7. The second-order valence-electron chi connectivity index (χ2n) is 6.75.